The number of ether oxygens (including phenoxy) is 2. The Morgan fingerprint density at radius 1 is 1.29 bits per heavy atom. The van der Waals surface area contributed by atoms with E-state index in [0.717, 1.165) is 10.2 Å². The largest absolute Gasteiger partial charge is 0.408 e. The van der Waals surface area contributed by atoms with Crippen LogP contribution in [-0.4, -0.2) is 64.5 Å². The van der Waals surface area contributed by atoms with E-state index >= 15 is 0 Å². The van der Waals surface area contributed by atoms with Crippen molar-refractivity contribution in [2.45, 2.75) is 45.6 Å². The van der Waals surface area contributed by atoms with Crippen LogP contribution in [-0.2, 0) is 29.0 Å². The van der Waals surface area contributed by atoms with Gasteiger partial charge in [-0.1, -0.05) is 5.16 Å². The minimum Gasteiger partial charge on any atom is -0.384 e. The van der Waals surface area contributed by atoms with Gasteiger partial charge in [0.1, 0.15) is 6.54 Å². The molecule has 0 N–H and O–H groups in total. The van der Waals surface area contributed by atoms with Crippen LogP contribution in [0.2, 0.25) is 0 Å². The third kappa shape index (κ3) is 4.89. The molecule has 0 bridgehead atoms. The van der Waals surface area contributed by atoms with Crippen LogP contribution >= 0.6 is 0 Å². The lowest BCUT2D eigenvalue weighted by molar-refractivity contribution is -0.143. The molecule has 0 aliphatic carbocycles. The summed E-state index contributed by atoms with van der Waals surface area (Å²) in [6, 6.07) is -0.225. The number of rotatable bonds is 7. The highest BCUT2D eigenvalue weighted by molar-refractivity contribution is 5.29. The molecule has 1 aliphatic rings. The molecule has 1 aliphatic heterocycles. The predicted octanol–water partition coefficient (Wildman–Crippen LogP) is 2.21. The Kier molecular flexibility index (Phi) is 6.36. The van der Waals surface area contributed by atoms with E-state index in [1.165, 1.54) is 0 Å². The van der Waals surface area contributed by atoms with Gasteiger partial charge in [-0.25, -0.2) is 0 Å². The van der Waals surface area contributed by atoms with Crippen LogP contribution in [0.25, 0.3) is 0 Å². The molecular formula is C17H24F3N5O3. The van der Waals surface area contributed by atoms with E-state index < -0.39 is 12.7 Å². The van der Waals surface area contributed by atoms with Crippen LogP contribution in [0.15, 0.2) is 4.52 Å². The van der Waals surface area contributed by atoms with Gasteiger partial charge in [-0.3, -0.25) is 9.58 Å². The van der Waals surface area contributed by atoms with Crippen molar-refractivity contribution in [1.82, 2.24) is 24.8 Å². The lowest BCUT2D eigenvalue weighted by Crippen LogP contribution is -2.39. The zero-order valence-corrected chi connectivity index (χ0v) is 16.1. The quantitative estimate of drug-likeness (QED) is 0.701. The first-order chi connectivity index (χ1) is 13.3. The molecule has 3 heterocycles. The molecule has 1 unspecified atom stereocenters. The molecule has 1 saturated heterocycles. The van der Waals surface area contributed by atoms with Crippen molar-refractivity contribution < 1.29 is 27.2 Å². The van der Waals surface area contributed by atoms with Crippen LogP contribution in [0.4, 0.5) is 13.2 Å². The highest BCUT2D eigenvalue weighted by atomic mass is 19.4. The van der Waals surface area contributed by atoms with Gasteiger partial charge in [0.05, 0.1) is 44.5 Å². The van der Waals surface area contributed by atoms with Crippen LogP contribution in [0.1, 0.15) is 34.7 Å². The Hall–Kier alpha value is -1.98. The third-order valence-electron chi connectivity index (χ3n) is 4.71. The van der Waals surface area contributed by atoms with Crippen molar-refractivity contribution in [3.05, 3.63) is 28.7 Å². The lowest BCUT2D eigenvalue weighted by Gasteiger charge is -2.35. The van der Waals surface area contributed by atoms with E-state index in [-0.39, 0.29) is 6.04 Å². The fourth-order valence-electron chi connectivity index (χ4n) is 3.44. The number of hydrogen-bond donors (Lipinski definition) is 0. The van der Waals surface area contributed by atoms with Crippen molar-refractivity contribution in [2.75, 3.05) is 33.5 Å². The molecule has 0 radical (unpaired) electrons. The third-order valence-corrected chi connectivity index (χ3v) is 4.71. The number of methoxy groups -OCH3 is 1. The Bertz CT molecular complexity index is 790. The average Bonchev–Trinajstić information content (AvgIpc) is 3.17. The van der Waals surface area contributed by atoms with Crippen LogP contribution in [0.5, 0.6) is 0 Å². The van der Waals surface area contributed by atoms with Gasteiger partial charge in [0.2, 0.25) is 5.89 Å². The summed E-state index contributed by atoms with van der Waals surface area (Å²) >= 11 is 0. The SMILES string of the molecule is COCCc1nc(CN2CCOCC2c2c(C)nn(CC(F)(F)F)c2C)no1. The van der Waals surface area contributed by atoms with E-state index in [1.807, 2.05) is 0 Å². The molecule has 156 valence electrons. The molecule has 1 fully saturated rings. The van der Waals surface area contributed by atoms with Gasteiger partial charge in [0.15, 0.2) is 5.82 Å². The fourth-order valence-corrected chi connectivity index (χ4v) is 3.44. The van der Waals surface area contributed by atoms with E-state index in [9.17, 15) is 13.2 Å². The van der Waals surface area contributed by atoms with Crippen molar-refractivity contribution >= 4 is 0 Å². The summed E-state index contributed by atoms with van der Waals surface area (Å²) < 4.78 is 55.3. The van der Waals surface area contributed by atoms with Crippen molar-refractivity contribution in [3.63, 3.8) is 0 Å². The molecule has 2 aromatic rings. The highest BCUT2D eigenvalue weighted by Gasteiger charge is 2.34. The molecule has 0 spiro atoms. The van der Waals surface area contributed by atoms with E-state index in [1.54, 1.807) is 21.0 Å². The zero-order valence-electron chi connectivity index (χ0n) is 16.1. The van der Waals surface area contributed by atoms with Gasteiger partial charge in [0.25, 0.3) is 0 Å². The lowest BCUT2D eigenvalue weighted by atomic mass is 10.0. The summed E-state index contributed by atoms with van der Waals surface area (Å²) in [5.74, 6) is 1.02. The van der Waals surface area contributed by atoms with E-state index in [2.05, 4.69) is 20.1 Å². The summed E-state index contributed by atoms with van der Waals surface area (Å²) in [6.07, 6.45) is -3.80. The van der Waals surface area contributed by atoms with Crippen molar-refractivity contribution in [3.8, 4) is 0 Å². The van der Waals surface area contributed by atoms with Crippen molar-refractivity contribution in [1.29, 1.82) is 0 Å². The first kappa shape index (κ1) is 20.7. The summed E-state index contributed by atoms with van der Waals surface area (Å²) in [6.45, 7) is 4.67. The molecule has 3 rings (SSSR count). The molecule has 1 atom stereocenters. The topological polar surface area (TPSA) is 78.4 Å². The second kappa shape index (κ2) is 8.58. The molecule has 0 aromatic carbocycles. The summed E-state index contributed by atoms with van der Waals surface area (Å²) in [4.78, 5) is 6.45. The smallest absolute Gasteiger partial charge is 0.384 e. The fraction of sp³-hybridized carbons (Fsp3) is 0.706. The second-order valence-corrected chi connectivity index (χ2v) is 6.77. The Labute approximate surface area is 160 Å². The number of morpholine rings is 1. The molecule has 2 aromatic heterocycles. The van der Waals surface area contributed by atoms with Gasteiger partial charge < -0.3 is 14.0 Å². The van der Waals surface area contributed by atoms with Crippen molar-refractivity contribution in [2.24, 2.45) is 0 Å². The molecule has 8 nitrogen and oxygen atoms in total. The minimum atomic E-state index is -4.33. The number of aromatic nitrogens is 4. The second-order valence-electron chi connectivity index (χ2n) is 6.77. The van der Waals surface area contributed by atoms with Gasteiger partial charge in [0, 0.05) is 24.9 Å². The van der Waals surface area contributed by atoms with E-state index in [4.69, 9.17) is 14.0 Å². The summed E-state index contributed by atoms with van der Waals surface area (Å²) in [5, 5.41) is 8.10. The average molecular weight is 403 g/mol. The Morgan fingerprint density at radius 2 is 2.07 bits per heavy atom. The van der Waals surface area contributed by atoms with Crippen LogP contribution in [0, 0.1) is 13.8 Å². The molecule has 0 amide bonds. The summed E-state index contributed by atoms with van der Waals surface area (Å²) in [7, 11) is 1.60. The minimum absolute atomic E-state index is 0.225. The van der Waals surface area contributed by atoms with Gasteiger partial charge >= 0.3 is 6.18 Å². The molecule has 11 heteroatoms. The van der Waals surface area contributed by atoms with Gasteiger partial charge in [-0.15, -0.1) is 0 Å². The number of hydrogen-bond acceptors (Lipinski definition) is 7. The highest BCUT2D eigenvalue weighted by Crippen LogP contribution is 2.31. The number of alkyl halides is 3. The molecule has 0 saturated carbocycles. The van der Waals surface area contributed by atoms with Crippen LogP contribution in [0.3, 0.4) is 0 Å². The number of aryl methyl sites for hydroxylation is 1. The normalized spacial score (nSPS) is 18.7. The van der Waals surface area contributed by atoms with Gasteiger partial charge in [-0.2, -0.15) is 23.3 Å². The maximum absolute atomic E-state index is 12.8. The monoisotopic (exact) mass is 403 g/mol. The standard InChI is InChI=1S/C17H24F3N5O3/c1-11-16(12(2)25(22-11)10-17(18,19)20)13-9-27-7-5-24(13)8-14-21-15(28-23-14)4-6-26-3/h13H,4-10H2,1-3H3. The Balaban J connectivity index is 1.79. The summed E-state index contributed by atoms with van der Waals surface area (Å²) in [5.41, 5.74) is 1.81. The van der Waals surface area contributed by atoms with Gasteiger partial charge in [-0.05, 0) is 13.8 Å². The molecular weight excluding hydrogens is 379 g/mol. The zero-order chi connectivity index (χ0) is 20.3. The van der Waals surface area contributed by atoms with Crippen LogP contribution < -0.4 is 0 Å². The van der Waals surface area contributed by atoms with E-state index in [0.29, 0.717) is 62.4 Å². The maximum Gasteiger partial charge on any atom is 0.408 e. The molecule has 28 heavy (non-hydrogen) atoms. The first-order valence-electron chi connectivity index (χ1n) is 9.01. The number of nitrogens with zero attached hydrogens (tertiary/aromatic N) is 5. The number of halogens is 3. The predicted molar refractivity (Wildman–Crippen MR) is 91.6 cm³/mol. The maximum atomic E-state index is 12.8. The Morgan fingerprint density at radius 3 is 2.79 bits per heavy atom. The first-order valence-corrected chi connectivity index (χ1v) is 9.01.